The number of hydrogen-bond acceptors (Lipinski definition) is 3. The highest BCUT2D eigenvalue weighted by Crippen LogP contribution is 2.31. The summed E-state index contributed by atoms with van der Waals surface area (Å²) in [5.41, 5.74) is 5.55. The molecule has 2 aromatic rings. The van der Waals surface area contributed by atoms with Gasteiger partial charge in [0.1, 0.15) is 5.82 Å². The predicted octanol–water partition coefficient (Wildman–Crippen LogP) is 3.37. The summed E-state index contributed by atoms with van der Waals surface area (Å²) in [4.78, 5) is 2.27. The van der Waals surface area contributed by atoms with Crippen molar-refractivity contribution in [1.29, 1.82) is 0 Å². The summed E-state index contributed by atoms with van der Waals surface area (Å²) in [5, 5.41) is 0. The van der Waals surface area contributed by atoms with Gasteiger partial charge in [0.05, 0.1) is 6.04 Å². The summed E-state index contributed by atoms with van der Waals surface area (Å²) < 4.78 is 13.9. The molecule has 2 rings (SSSR count). The molecule has 1 unspecified atom stereocenters. The van der Waals surface area contributed by atoms with E-state index in [0.29, 0.717) is 5.56 Å². The van der Waals surface area contributed by atoms with E-state index < -0.39 is 0 Å². The highest BCUT2D eigenvalue weighted by atomic mass is 32.1. The monoisotopic (exact) mass is 264 g/mol. The van der Waals surface area contributed by atoms with Crippen LogP contribution in [0, 0.1) is 26.6 Å². The normalized spacial score (nSPS) is 12.7. The highest BCUT2D eigenvalue weighted by molar-refractivity contribution is 7.12. The first-order valence-electron chi connectivity index (χ1n) is 5.82. The number of aryl methyl sites for hydroxylation is 3. The van der Waals surface area contributed by atoms with Crippen LogP contribution in [0.25, 0.3) is 0 Å². The second kappa shape index (κ2) is 5.18. The average Bonchev–Trinajstić information content (AvgIpc) is 2.65. The molecule has 96 valence electrons. The predicted molar refractivity (Wildman–Crippen MR) is 74.1 cm³/mol. The number of halogens is 1. The van der Waals surface area contributed by atoms with Gasteiger partial charge >= 0.3 is 0 Å². The fourth-order valence-corrected chi connectivity index (χ4v) is 3.08. The van der Waals surface area contributed by atoms with Crippen molar-refractivity contribution in [2.45, 2.75) is 26.8 Å². The number of benzene rings is 1. The minimum absolute atomic E-state index is 0.229. The Morgan fingerprint density at radius 2 is 1.94 bits per heavy atom. The SMILES string of the molecule is Cc1ccc(F)c(C(NN)c2cc(C)c(C)s2)c1. The van der Waals surface area contributed by atoms with Gasteiger partial charge in [-0.1, -0.05) is 17.7 Å². The minimum Gasteiger partial charge on any atom is -0.271 e. The Labute approximate surface area is 111 Å². The molecule has 0 saturated heterocycles. The Bertz CT molecular complexity index is 543. The topological polar surface area (TPSA) is 38.0 Å². The number of nitrogens with one attached hydrogen (secondary N) is 1. The quantitative estimate of drug-likeness (QED) is 0.659. The van der Waals surface area contributed by atoms with E-state index in [0.717, 1.165) is 10.4 Å². The summed E-state index contributed by atoms with van der Waals surface area (Å²) in [7, 11) is 0. The van der Waals surface area contributed by atoms with Crippen LogP contribution in [-0.4, -0.2) is 0 Å². The van der Waals surface area contributed by atoms with Gasteiger partial charge in [0.2, 0.25) is 0 Å². The van der Waals surface area contributed by atoms with E-state index >= 15 is 0 Å². The molecular weight excluding hydrogens is 247 g/mol. The third-order valence-corrected chi connectivity index (χ3v) is 4.32. The summed E-state index contributed by atoms with van der Waals surface area (Å²) in [6, 6.07) is 6.86. The van der Waals surface area contributed by atoms with Gasteiger partial charge in [-0.25, -0.2) is 9.82 Å². The molecule has 0 aliphatic heterocycles. The van der Waals surface area contributed by atoms with Gasteiger partial charge in [-0.2, -0.15) is 0 Å². The fraction of sp³-hybridized carbons (Fsp3) is 0.286. The van der Waals surface area contributed by atoms with Crippen molar-refractivity contribution in [3.05, 3.63) is 56.5 Å². The van der Waals surface area contributed by atoms with Crippen molar-refractivity contribution in [2.75, 3.05) is 0 Å². The summed E-state index contributed by atoms with van der Waals surface area (Å²) in [5.74, 6) is 5.38. The van der Waals surface area contributed by atoms with Crippen LogP contribution in [0.4, 0.5) is 4.39 Å². The number of nitrogens with two attached hydrogens (primary N) is 1. The lowest BCUT2D eigenvalue weighted by atomic mass is 10.0. The number of thiophene rings is 1. The zero-order valence-electron chi connectivity index (χ0n) is 10.8. The molecule has 0 fully saturated rings. The average molecular weight is 264 g/mol. The van der Waals surface area contributed by atoms with Crippen molar-refractivity contribution >= 4 is 11.3 Å². The first kappa shape index (κ1) is 13.2. The Kier molecular flexibility index (Phi) is 3.80. The third-order valence-electron chi connectivity index (χ3n) is 3.10. The molecule has 18 heavy (non-hydrogen) atoms. The smallest absolute Gasteiger partial charge is 0.128 e. The van der Waals surface area contributed by atoms with E-state index in [1.165, 1.54) is 16.5 Å². The van der Waals surface area contributed by atoms with Crippen LogP contribution in [0.1, 0.15) is 32.5 Å². The molecule has 0 aliphatic carbocycles. The lowest BCUT2D eigenvalue weighted by Gasteiger charge is -2.16. The zero-order chi connectivity index (χ0) is 13.3. The molecule has 0 bridgehead atoms. The van der Waals surface area contributed by atoms with Crippen LogP contribution in [0.2, 0.25) is 0 Å². The molecule has 1 aromatic carbocycles. The van der Waals surface area contributed by atoms with Crippen LogP contribution >= 0.6 is 11.3 Å². The van der Waals surface area contributed by atoms with Gasteiger partial charge in [-0.05, 0) is 38.5 Å². The van der Waals surface area contributed by atoms with E-state index in [2.05, 4.69) is 25.3 Å². The maximum atomic E-state index is 13.9. The minimum atomic E-state index is -0.290. The Morgan fingerprint density at radius 1 is 1.22 bits per heavy atom. The van der Waals surface area contributed by atoms with Crippen molar-refractivity contribution < 1.29 is 4.39 Å². The molecule has 3 N–H and O–H groups in total. The van der Waals surface area contributed by atoms with E-state index in [4.69, 9.17) is 5.84 Å². The van der Waals surface area contributed by atoms with Crippen LogP contribution in [0.5, 0.6) is 0 Å². The number of rotatable bonds is 3. The molecule has 0 radical (unpaired) electrons. The Hall–Kier alpha value is -1.23. The summed E-state index contributed by atoms with van der Waals surface area (Å²) in [6.07, 6.45) is 0. The van der Waals surface area contributed by atoms with Gasteiger partial charge in [0, 0.05) is 15.3 Å². The van der Waals surface area contributed by atoms with Crippen LogP contribution in [0.15, 0.2) is 24.3 Å². The second-order valence-electron chi connectivity index (χ2n) is 4.51. The number of hydrazine groups is 1. The van der Waals surface area contributed by atoms with Crippen molar-refractivity contribution in [3.8, 4) is 0 Å². The summed E-state index contributed by atoms with van der Waals surface area (Å²) in [6.45, 7) is 6.06. The lowest BCUT2D eigenvalue weighted by Crippen LogP contribution is -2.29. The van der Waals surface area contributed by atoms with Crippen LogP contribution < -0.4 is 11.3 Å². The van der Waals surface area contributed by atoms with Gasteiger partial charge in [-0.3, -0.25) is 5.84 Å². The third kappa shape index (κ3) is 2.46. The van der Waals surface area contributed by atoms with E-state index in [1.54, 1.807) is 17.4 Å². The van der Waals surface area contributed by atoms with Crippen molar-refractivity contribution in [1.82, 2.24) is 5.43 Å². The second-order valence-corrected chi connectivity index (χ2v) is 5.80. The first-order chi connectivity index (χ1) is 8.52. The maximum absolute atomic E-state index is 13.9. The van der Waals surface area contributed by atoms with Crippen molar-refractivity contribution in [3.63, 3.8) is 0 Å². The van der Waals surface area contributed by atoms with Gasteiger partial charge in [0.25, 0.3) is 0 Å². The molecule has 1 atom stereocenters. The zero-order valence-corrected chi connectivity index (χ0v) is 11.6. The molecule has 0 saturated carbocycles. The van der Waals surface area contributed by atoms with Crippen LogP contribution in [0.3, 0.4) is 0 Å². The van der Waals surface area contributed by atoms with Crippen molar-refractivity contribution in [2.24, 2.45) is 5.84 Å². The maximum Gasteiger partial charge on any atom is 0.128 e. The lowest BCUT2D eigenvalue weighted by molar-refractivity contribution is 0.563. The molecule has 0 amide bonds. The van der Waals surface area contributed by atoms with E-state index in [-0.39, 0.29) is 11.9 Å². The Balaban J connectivity index is 2.48. The number of hydrogen-bond donors (Lipinski definition) is 2. The van der Waals surface area contributed by atoms with Gasteiger partial charge < -0.3 is 0 Å². The molecule has 0 aliphatic rings. The molecule has 2 nitrogen and oxygen atoms in total. The largest absolute Gasteiger partial charge is 0.271 e. The first-order valence-corrected chi connectivity index (χ1v) is 6.63. The molecule has 1 aromatic heterocycles. The fourth-order valence-electron chi connectivity index (χ4n) is 1.95. The van der Waals surface area contributed by atoms with Gasteiger partial charge in [0.15, 0.2) is 0 Å². The Morgan fingerprint density at radius 3 is 2.50 bits per heavy atom. The molecule has 0 spiro atoms. The molecular formula is C14H17FN2S. The standard InChI is InChI=1S/C14H17FN2S/c1-8-4-5-12(15)11(6-8)14(17-16)13-7-9(2)10(3)18-13/h4-7,14,17H,16H2,1-3H3. The molecule has 4 heteroatoms. The summed E-state index contributed by atoms with van der Waals surface area (Å²) >= 11 is 1.65. The van der Waals surface area contributed by atoms with Gasteiger partial charge in [-0.15, -0.1) is 11.3 Å². The van der Waals surface area contributed by atoms with E-state index in [1.807, 2.05) is 13.0 Å². The highest BCUT2D eigenvalue weighted by Gasteiger charge is 2.19. The van der Waals surface area contributed by atoms with Crippen LogP contribution in [-0.2, 0) is 0 Å². The molecule has 1 heterocycles. The van der Waals surface area contributed by atoms with E-state index in [9.17, 15) is 4.39 Å².